The molecule has 0 aliphatic carbocycles. The van der Waals surface area contributed by atoms with Crippen molar-refractivity contribution in [2.24, 2.45) is 0 Å². The SMILES string of the molecule is Cc1cc([C@H]2CCCN2C[C@@H](O)COc2ccc(C#N)cc2)no1. The minimum Gasteiger partial charge on any atom is -0.491 e. The van der Waals surface area contributed by atoms with E-state index in [9.17, 15) is 5.11 Å². The van der Waals surface area contributed by atoms with Crippen LogP contribution < -0.4 is 4.74 Å². The second kappa shape index (κ2) is 7.47. The van der Waals surface area contributed by atoms with Crippen LogP contribution in [0.1, 0.15) is 35.9 Å². The highest BCUT2D eigenvalue weighted by atomic mass is 16.5. The van der Waals surface area contributed by atoms with Crippen molar-refractivity contribution >= 4 is 0 Å². The highest BCUT2D eigenvalue weighted by Gasteiger charge is 2.29. The molecule has 1 aromatic carbocycles. The zero-order chi connectivity index (χ0) is 16.9. The number of benzene rings is 1. The molecule has 0 unspecified atom stereocenters. The minimum absolute atomic E-state index is 0.201. The van der Waals surface area contributed by atoms with Crippen LogP contribution in [0.15, 0.2) is 34.9 Å². The van der Waals surface area contributed by atoms with Crippen LogP contribution >= 0.6 is 0 Å². The number of aryl methyl sites for hydroxylation is 1. The maximum absolute atomic E-state index is 10.3. The molecule has 0 radical (unpaired) electrons. The van der Waals surface area contributed by atoms with E-state index in [1.54, 1.807) is 24.3 Å². The lowest BCUT2D eigenvalue weighted by molar-refractivity contribution is 0.0628. The third kappa shape index (κ3) is 3.94. The molecule has 1 aliphatic rings. The van der Waals surface area contributed by atoms with Crippen molar-refractivity contribution < 1.29 is 14.4 Å². The third-order valence-electron chi connectivity index (χ3n) is 4.22. The lowest BCUT2D eigenvalue weighted by Crippen LogP contribution is -2.35. The molecule has 6 nitrogen and oxygen atoms in total. The van der Waals surface area contributed by atoms with Gasteiger partial charge in [-0.05, 0) is 50.6 Å². The fraction of sp³-hybridized carbons (Fsp3) is 0.444. The van der Waals surface area contributed by atoms with Crippen LogP contribution in [0.25, 0.3) is 0 Å². The van der Waals surface area contributed by atoms with Crippen molar-refractivity contribution in [1.29, 1.82) is 5.26 Å². The Morgan fingerprint density at radius 1 is 1.46 bits per heavy atom. The summed E-state index contributed by atoms with van der Waals surface area (Å²) in [5.41, 5.74) is 1.52. The van der Waals surface area contributed by atoms with Crippen molar-refractivity contribution in [2.75, 3.05) is 19.7 Å². The summed E-state index contributed by atoms with van der Waals surface area (Å²) in [5.74, 6) is 1.46. The van der Waals surface area contributed by atoms with Crippen LogP contribution in [0, 0.1) is 18.3 Å². The van der Waals surface area contributed by atoms with Gasteiger partial charge in [0.1, 0.15) is 29.9 Å². The van der Waals surface area contributed by atoms with Gasteiger partial charge in [0.15, 0.2) is 0 Å². The first-order chi connectivity index (χ1) is 11.7. The molecule has 24 heavy (non-hydrogen) atoms. The summed E-state index contributed by atoms with van der Waals surface area (Å²) in [6, 6.07) is 11.1. The lowest BCUT2D eigenvalue weighted by Gasteiger charge is -2.25. The Bertz CT molecular complexity index is 705. The Morgan fingerprint density at radius 2 is 2.25 bits per heavy atom. The number of hydrogen-bond acceptors (Lipinski definition) is 6. The van der Waals surface area contributed by atoms with Gasteiger partial charge in [-0.25, -0.2) is 0 Å². The summed E-state index contributed by atoms with van der Waals surface area (Å²) >= 11 is 0. The van der Waals surface area contributed by atoms with E-state index in [1.807, 2.05) is 13.0 Å². The maximum Gasteiger partial charge on any atom is 0.133 e. The summed E-state index contributed by atoms with van der Waals surface area (Å²) in [4.78, 5) is 2.23. The first-order valence-corrected chi connectivity index (χ1v) is 8.14. The topological polar surface area (TPSA) is 82.5 Å². The molecule has 3 rings (SSSR count). The van der Waals surface area contributed by atoms with Crippen LogP contribution in [0.5, 0.6) is 5.75 Å². The number of hydrogen-bond donors (Lipinski definition) is 1. The predicted octanol–water partition coefficient (Wildman–Crippen LogP) is 2.43. The van der Waals surface area contributed by atoms with E-state index in [0.29, 0.717) is 17.9 Å². The largest absolute Gasteiger partial charge is 0.491 e. The van der Waals surface area contributed by atoms with Crippen LogP contribution in [0.2, 0.25) is 0 Å². The Hall–Kier alpha value is -2.36. The maximum atomic E-state index is 10.3. The van der Waals surface area contributed by atoms with E-state index in [2.05, 4.69) is 16.1 Å². The number of nitrogens with zero attached hydrogens (tertiary/aromatic N) is 3. The molecule has 0 saturated carbocycles. The second-order valence-corrected chi connectivity index (χ2v) is 6.12. The predicted molar refractivity (Wildman–Crippen MR) is 87.4 cm³/mol. The van der Waals surface area contributed by atoms with Gasteiger partial charge in [0, 0.05) is 12.6 Å². The van der Waals surface area contributed by atoms with E-state index >= 15 is 0 Å². The van der Waals surface area contributed by atoms with E-state index in [0.717, 1.165) is 30.8 Å². The van der Waals surface area contributed by atoms with Gasteiger partial charge in [-0.2, -0.15) is 5.26 Å². The van der Waals surface area contributed by atoms with Crippen molar-refractivity contribution in [3.05, 3.63) is 47.3 Å². The normalized spacial score (nSPS) is 19.1. The molecule has 6 heteroatoms. The van der Waals surface area contributed by atoms with E-state index in [4.69, 9.17) is 14.5 Å². The molecule has 126 valence electrons. The average molecular weight is 327 g/mol. The molecule has 0 spiro atoms. The van der Waals surface area contributed by atoms with Crippen LogP contribution in [0.4, 0.5) is 0 Å². The molecular weight excluding hydrogens is 306 g/mol. The van der Waals surface area contributed by atoms with Crippen LogP contribution in [-0.4, -0.2) is 41.0 Å². The van der Waals surface area contributed by atoms with Gasteiger partial charge < -0.3 is 14.4 Å². The smallest absolute Gasteiger partial charge is 0.133 e. The Morgan fingerprint density at radius 3 is 2.92 bits per heavy atom. The molecular formula is C18H21N3O3. The molecule has 1 saturated heterocycles. The standard InChI is InChI=1S/C18H21N3O3/c1-13-9-17(20-24-13)18-3-2-8-21(18)11-15(22)12-23-16-6-4-14(10-19)5-7-16/h4-7,9,15,18,22H,2-3,8,11-12H2,1H3/t15-,18-/m1/s1. The average Bonchev–Trinajstić information content (AvgIpc) is 3.22. The second-order valence-electron chi connectivity index (χ2n) is 6.12. The molecule has 2 atom stereocenters. The van der Waals surface area contributed by atoms with E-state index < -0.39 is 6.10 Å². The zero-order valence-electron chi connectivity index (χ0n) is 13.7. The highest BCUT2D eigenvalue weighted by Crippen LogP contribution is 2.31. The van der Waals surface area contributed by atoms with Gasteiger partial charge in [-0.1, -0.05) is 5.16 Å². The number of aliphatic hydroxyl groups excluding tert-OH is 1. The zero-order valence-corrected chi connectivity index (χ0v) is 13.7. The number of β-amino-alcohol motifs (C(OH)–C–C–N with tert-alkyl or cyclic N) is 1. The van der Waals surface area contributed by atoms with E-state index in [1.165, 1.54) is 0 Å². The van der Waals surface area contributed by atoms with Crippen molar-refractivity contribution in [3.63, 3.8) is 0 Å². The number of rotatable bonds is 6. The summed E-state index contributed by atoms with van der Waals surface area (Å²) in [5, 5.41) is 23.2. The molecule has 1 aromatic heterocycles. The lowest BCUT2D eigenvalue weighted by atomic mass is 10.1. The summed E-state index contributed by atoms with van der Waals surface area (Å²) in [6.45, 7) is 3.57. The Balaban J connectivity index is 1.52. The number of aliphatic hydroxyl groups is 1. The van der Waals surface area contributed by atoms with Gasteiger partial charge in [0.2, 0.25) is 0 Å². The number of aromatic nitrogens is 1. The fourth-order valence-corrected chi connectivity index (χ4v) is 3.06. The third-order valence-corrected chi connectivity index (χ3v) is 4.22. The Kier molecular flexibility index (Phi) is 5.14. The molecule has 0 amide bonds. The Labute approximate surface area is 141 Å². The number of likely N-dealkylation sites (tertiary alicyclic amines) is 1. The van der Waals surface area contributed by atoms with Gasteiger partial charge in [-0.15, -0.1) is 0 Å². The molecule has 1 aliphatic heterocycles. The fourth-order valence-electron chi connectivity index (χ4n) is 3.06. The summed E-state index contributed by atoms with van der Waals surface area (Å²) < 4.78 is 10.8. The van der Waals surface area contributed by atoms with Gasteiger partial charge in [0.25, 0.3) is 0 Å². The molecule has 0 bridgehead atoms. The summed E-state index contributed by atoms with van der Waals surface area (Å²) in [6.07, 6.45) is 1.52. The van der Waals surface area contributed by atoms with E-state index in [-0.39, 0.29) is 12.6 Å². The minimum atomic E-state index is -0.589. The number of ether oxygens (including phenoxy) is 1. The van der Waals surface area contributed by atoms with Crippen LogP contribution in [0.3, 0.4) is 0 Å². The molecule has 1 fully saturated rings. The van der Waals surface area contributed by atoms with Gasteiger partial charge in [-0.3, -0.25) is 4.90 Å². The summed E-state index contributed by atoms with van der Waals surface area (Å²) in [7, 11) is 0. The quantitative estimate of drug-likeness (QED) is 0.877. The van der Waals surface area contributed by atoms with Gasteiger partial charge in [0.05, 0.1) is 17.7 Å². The molecule has 1 N–H and O–H groups in total. The van der Waals surface area contributed by atoms with Crippen molar-refractivity contribution in [1.82, 2.24) is 10.1 Å². The van der Waals surface area contributed by atoms with Crippen molar-refractivity contribution in [3.8, 4) is 11.8 Å². The first-order valence-electron chi connectivity index (χ1n) is 8.14. The molecule has 2 aromatic rings. The molecule has 2 heterocycles. The van der Waals surface area contributed by atoms with Gasteiger partial charge >= 0.3 is 0 Å². The van der Waals surface area contributed by atoms with Crippen molar-refractivity contribution in [2.45, 2.75) is 31.9 Å². The first kappa shape index (κ1) is 16.5. The number of nitriles is 1. The highest BCUT2D eigenvalue weighted by molar-refractivity contribution is 5.34. The monoisotopic (exact) mass is 327 g/mol. The van der Waals surface area contributed by atoms with Crippen LogP contribution in [-0.2, 0) is 0 Å².